The maximum absolute atomic E-state index is 12.1. The molecule has 4 rings (SSSR count). The molecule has 2 aliphatic rings. The number of carbonyl (C=O) groups excluding carboxylic acids is 2. The summed E-state index contributed by atoms with van der Waals surface area (Å²) in [6, 6.07) is 12.5. The highest BCUT2D eigenvalue weighted by Gasteiger charge is 2.30. The number of amides is 1. The van der Waals surface area contributed by atoms with Gasteiger partial charge in [-0.05, 0) is 55.2 Å². The summed E-state index contributed by atoms with van der Waals surface area (Å²) in [6.07, 6.45) is 1.78. The van der Waals surface area contributed by atoms with E-state index in [0.29, 0.717) is 24.3 Å². The summed E-state index contributed by atoms with van der Waals surface area (Å²) < 4.78 is 4.77. The van der Waals surface area contributed by atoms with Crippen LogP contribution in [0.25, 0.3) is 0 Å². The van der Waals surface area contributed by atoms with E-state index in [1.807, 2.05) is 19.1 Å². The minimum Gasteiger partial charge on any atom is -0.451 e. The Labute approximate surface area is 206 Å². The van der Waals surface area contributed by atoms with Crippen LogP contribution in [0.2, 0.25) is 0 Å². The van der Waals surface area contributed by atoms with Crippen molar-refractivity contribution in [3.05, 3.63) is 69.3 Å². The Hall–Kier alpha value is -3.73. The van der Waals surface area contributed by atoms with Crippen molar-refractivity contribution in [2.75, 3.05) is 30.9 Å². The lowest BCUT2D eigenvalue weighted by atomic mass is 9.97. The molecule has 11 heteroatoms. The van der Waals surface area contributed by atoms with E-state index in [4.69, 9.17) is 9.73 Å². The van der Waals surface area contributed by atoms with Crippen LogP contribution in [0.1, 0.15) is 30.0 Å². The molecule has 35 heavy (non-hydrogen) atoms. The highest BCUT2D eigenvalue weighted by atomic mass is 32.2. The zero-order chi connectivity index (χ0) is 24.9. The number of anilines is 1. The van der Waals surface area contributed by atoms with E-state index >= 15 is 0 Å². The van der Waals surface area contributed by atoms with Crippen LogP contribution in [0.3, 0.4) is 0 Å². The Morgan fingerprint density at radius 1 is 1.31 bits per heavy atom. The smallest absolute Gasteiger partial charge is 0.431 e. The molecule has 1 unspecified atom stereocenters. The molecular formula is C24H25N5O5S. The number of rotatable bonds is 5. The molecule has 2 aliphatic heterocycles. The lowest BCUT2D eigenvalue weighted by molar-refractivity contribution is -0.384. The monoisotopic (exact) mass is 495 g/mol. The number of hydrazone groups is 1. The van der Waals surface area contributed by atoms with Crippen molar-refractivity contribution in [1.29, 1.82) is 0 Å². The number of benzene rings is 2. The maximum Gasteiger partial charge on any atom is 0.431 e. The Kier molecular flexibility index (Phi) is 7.45. The molecule has 0 aliphatic carbocycles. The van der Waals surface area contributed by atoms with Gasteiger partial charge in [0.1, 0.15) is 5.84 Å². The van der Waals surface area contributed by atoms with Gasteiger partial charge in [-0.3, -0.25) is 19.9 Å². The third-order valence-electron chi connectivity index (χ3n) is 5.77. The molecule has 1 amide bonds. The largest absolute Gasteiger partial charge is 0.451 e. The fourth-order valence-corrected chi connectivity index (χ4v) is 5.04. The number of methoxy groups -OCH3 is 1. The van der Waals surface area contributed by atoms with Gasteiger partial charge in [0.05, 0.1) is 17.7 Å². The molecule has 0 radical (unpaired) electrons. The molecule has 0 fully saturated rings. The van der Waals surface area contributed by atoms with Crippen molar-refractivity contribution < 1.29 is 19.2 Å². The van der Waals surface area contributed by atoms with Gasteiger partial charge >= 0.3 is 6.09 Å². The summed E-state index contributed by atoms with van der Waals surface area (Å²) in [5, 5.41) is 15.8. The number of carbonyl (C=O) groups is 2. The minimum atomic E-state index is -0.714. The highest BCUT2D eigenvalue weighted by molar-refractivity contribution is 8.01. The summed E-state index contributed by atoms with van der Waals surface area (Å²) in [6.45, 7) is 3.31. The molecule has 2 heterocycles. The number of hydrogen-bond donors (Lipinski definition) is 0. The van der Waals surface area contributed by atoms with Gasteiger partial charge in [0, 0.05) is 42.2 Å². The molecule has 2 aromatic rings. The number of non-ortho nitro benzene ring substituents is 1. The van der Waals surface area contributed by atoms with Crippen molar-refractivity contribution in [3.63, 3.8) is 0 Å². The van der Waals surface area contributed by atoms with Crippen molar-refractivity contribution >= 4 is 47.1 Å². The van der Waals surface area contributed by atoms with Crippen molar-refractivity contribution in [2.24, 2.45) is 10.1 Å². The normalized spacial score (nSPS) is 17.9. The second-order valence-corrected chi connectivity index (χ2v) is 9.00. The van der Waals surface area contributed by atoms with Crippen LogP contribution in [0.4, 0.5) is 16.2 Å². The fraction of sp³-hybridized carbons (Fsp3) is 0.333. The van der Waals surface area contributed by atoms with E-state index in [1.54, 1.807) is 12.1 Å². The number of aldehydes is 1. The van der Waals surface area contributed by atoms with Crippen LogP contribution in [0.5, 0.6) is 0 Å². The number of fused-ring (bicyclic) bond motifs is 1. The molecule has 1 atom stereocenters. The highest BCUT2D eigenvalue weighted by Crippen LogP contribution is 2.32. The number of ether oxygens (including phenoxy) is 1. The SMILES string of the molecule is CCN=C(c1ccc([N+](=O)[O-])cc1)N1CCCc2cc(C3=NN(C(=O)OC)C(C=O)SC3)ccc21. The lowest BCUT2D eigenvalue weighted by Gasteiger charge is -2.33. The third kappa shape index (κ3) is 5.04. The Balaban J connectivity index is 1.67. The molecule has 0 spiro atoms. The number of nitro groups is 1. The zero-order valence-electron chi connectivity index (χ0n) is 19.4. The van der Waals surface area contributed by atoms with Gasteiger partial charge in [-0.1, -0.05) is 6.07 Å². The van der Waals surface area contributed by atoms with Crippen LogP contribution in [-0.4, -0.2) is 65.2 Å². The van der Waals surface area contributed by atoms with Gasteiger partial charge < -0.3 is 9.64 Å². The first-order valence-electron chi connectivity index (χ1n) is 11.2. The first kappa shape index (κ1) is 24.4. The fourth-order valence-electron chi connectivity index (χ4n) is 4.14. The van der Waals surface area contributed by atoms with Gasteiger partial charge in [-0.2, -0.15) is 10.1 Å². The molecule has 0 bridgehead atoms. The van der Waals surface area contributed by atoms with Crippen LogP contribution >= 0.6 is 11.8 Å². The molecule has 0 saturated heterocycles. The number of hydrogen-bond acceptors (Lipinski definition) is 8. The second kappa shape index (κ2) is 10.7. The van der Waals surface area contributed by atoms with E-state index in [1.165, 1.54) is 31.0 Å². The molecule has 0 N–H and O–H groups in total. The molecule has 182 valence electrons. The predicted molar refractivity (Wildman–Crippen MR) is 135 cm³/mol. The molecule has 0 saturated carbocycles. The standard InChI is InChI=1S/C24H25N5O5S/c1-3-25-23(16-6-9-19(10-7-16)29(32)33)27-12-4-5-18-13-17(8-11-21(18)27)20-15-35-22(14-30)28(26-20)24(31)34-2/h6-11,13-14,22H,3-5,12,15H2,1-2H3. The van der Waals surface area contributed by atoms with Gasteiger partial charge in [0.25, 0.3) is 5.69 Å². The number of thioether (sulfide) groups is 1. The van der Waals surface area contributed by atoms with Gasteiger partial charge in [-0.15, -0.1) is 11.8 Å². The van der Waals surface area contributed by atoms with E-state index < -0.39 is 16.4 Å². The van der Waals surface area contributed by atoms with E-state index in [-0.39, 0.29) is 5.69 Å². The Morgan fingerprint density at radius 2 is 2.09 bits per heavy atom. The van der Waals surface area contributed by atoms with Crippen LogP contribution in [-0.2, 0) is 16.0 Å². The van der Waals surface area contributed by atoms with Crippen molar-refractivity contribution in [2.45, 2.75) is 25.1 Å². The summed E-state index contributed by atoms with van der Waals surface area (Å²) in [7, 11) is 1.26. The summed E-state index contributed by atoms with van der Waals surface area (Å²) in [4.78, 5) is 40.9. The van der Waals surface area contributed by atoms with Gasteiger partial charge in [0.2, 0.25) is 0 Å². The predicted octanol–water partition coefficient (Wildman–Crippen LogP) is 3.86. The first-order chi connectivity index (χ1) is 17.0. The summed E-state index contributed by atoms with van der Waals surface area (Å²) in [5.41, 5.74) is 4.56. The average molecular weight is 496 g/mol. The average Bonchev–Trinajstić information content (AvgIpc) is 2.90. The van der Waals surface area contributed by atoms with Crippen molar-refractivity contribution in [3.8, 4) is 0 Å². The topological polar surface area (TPSA) is 118 Å². The Bertz CT molecular complexity index is 1200. The number of aliphatic imine (C=N–C) groups is 1. The van der Waals surface area contributed by atoms with Gasteiger partial charge in [0.15, 0.2) is 11.7 Å². The van der Waals surface area contributed by atoms with E-state index in [9.17, 15) is 19.7 Å². The lowest BCUT2D eigenvalue weighted by Crippen LogP contribution is -2.40. The number of aryl methyl sites for hydroxylation is 1. The quantitative estimate of drug-likeness (QED) is 0.203. The molecular weight excluding hydrogens is 470 g/mol. The van der Waals surface area contributed by atoms with E-state index in [0.717, 1.165) is 52.6 Å². The zero-order valence-corrected chi connectivity index (χ0v) is 20.2. The van der Waals surface area contributed by atoms with Gasteiger partial charge in [-0.25, -0.2) is 4.79 Å². The second-order valence-electron chi connectivity index (χ2n) is 7.90. The van der Waals surface area contributed by atoms with E-state index in [2.05, 4.69) is 16.1 Å². The molecule has 10 nitrogen and oxygen atoms in total. The number of nitro benzene ring substituents is 1. The maximum atomic E-state index is 12.1. The number of amidine groups is 1. The molecule has 0 aromatic heterocycles. The number of nitrogens with zero attached hydrogens (tertiary/aromatic N) is 5. The van der Waals surface area contributed by atoms with Crippen molar-refractivity contribution in [1.82, 2.24) is 5.01 Å². The van der Waals surface area contributed by atoms with Crippen LogP contribution in [0.15, 0.2) is 52.6 Å². The van der Waals surface area contributed by atoms with Crippen LogP contribution in [0, 0.1) is 10.1 Å². The van der Waals surface area contributed by atoms with Crippen LogP contribution < -0.4 is 4.90 Å². The minimum absolute atomic E-state index is 0.0391. The molecule has 2 aromatic carbocycles. The summed E-state index contributed by atoms with van der Waals surface area (Å²) in [5.74, 6) is 1.26. The third-order valence-corrected chi connectivity index (χ3v) is 6.86. The Morgan fingerprint density at radius 3 is 2.74 bits per heavy atom. The summed E-state index contributed by atoms with van der Waals surface area (Å²) >= 11 is 1.32. The first-order valence-corrected chi connectivity index (χ1v) is 12.2.